The molecule has 0 bridgehead atoms. The molecular weight excluding hydrogens is 340 g/mol. The summed E-state index contributed by atoms with van der Waals surface area (Å²) < 4.78 is 11.4. The number of aromatic nitrogens is 5. The number of carbonyl (C=O) groups excluding carboxylic acids is 2. The highest BCUT2D eigenvalue weighted by atomic mass is 16.5. The molecule has 0 radical (unpaired) electrons. The molecule has 1 N–H and O–H groups in total. The molecule has 0 saturated carbocycles. The molecule has 1 aromatic carbocycles. The molecule has 2 aromatic heterocycles. The van der Waals surface area contributed by atoms with Crippen molar-refractivity contribution in [1.29, 1.82) is 0 Å². The maximum absolute atomic E-state index is 12.3. The Morgan fingerprint density at radius 1 is 1.31 bits per heavy atom. The zero-order chi connectivity index (χ0) is 18.5. The van der Waals surface area contributed by atoms with Gasteiger partial charge < -0.3 is 9.26 Å². The quantitative estimate of drug-likeness (QED) is 0.660. The Hall–Kier alpha value is -3.56. The molecule has 2 heterocycles. The van der Waals surface area contributed by atoms with Gasteiger partial charge in [0.05, 0.1) is 16.9 Å². The monoisotopic (exact) mass is 356 g/mol. The van der Waals surface area contributed by atoms with Crippen LogP contribution in [0.1, 0.15) is 35.8 Å². The number of anilines is 1. The maximum atomic E-state index is 12.3. The van der Waals surface area contributed by atoms with Gasteiger partial charge in [0, 0.05) is 6.07 Å². The number of amides is 1. The van der Waals surface area contributed by atoms with Gasteiger partial charge in [-0.05, 0) is 28.5 Å². The molecule has 3 aromatic rings. The number of nitrogens with zero attached hydrogens (tertiary/aromatic N) is 5. The summed E-state index contributed by atoms with van der Waals surface area (Å²) in [6.07, 6.45) is 1.36. The summed E-state index contributed by atoms with van der Waals surface area (Å²) >= 11 is 0. The van der Waals surface area contributed by atoms with Gasteiger partial charge >= 0.3 is 5.97 Å². The van der Waals surface area contributed by atoms with E-state index in [4.69, 9.17) is 9.26 Å². The average molecular weight is 356 g/mol. The number of ether oxygens (including phenoxy) is 1. The number of nitrogens with one attached hydrogen (secondary N) is 1. The first-order valence-corrected chi connectivity index (χ1v) is 7.80. The van der Waals surface area contributed by atoms with Crippen molar-refractivity contribution >= 4 is 17.8 Å². The second-order valence-corrected chi connectivity index (χ2v) is 5.67. The Balaban J connectivity index is 1.61. The van der Waals surface area contributed by atoms with Crippen molar-refractivity contribution in [3.8, 4) is 5.69 Å². The Bertz CT molecular complexity index is 903. The van der Waals surface area contributed by atoms with Crippen LogP contribution in [0.2, 0.25) is 0 Å². The number of tetrazole rings is 1. The van der Waals surface area contributed by atoms with Gasteiger partial charge in [0.1, 0.15) is 6.33 Å². The Morgan fingerprint density at radius 3 is 2.81 bits per heavy atom. The molecule has 3 rings (SSSR count). The minimum atomic E-state index is -0.674. The lowest BCUT2D eigenvalue weighted by Gasteiger charge is -2.08. The molecule has 0 aliphatic rings. The zero-order valence-electron chi connectivity index (χ0n) is 14.1. The van der Waals surface area contributed by atoms with Crippen molar-refractivity contribution < 1.29 is 18.8 Å². The number of para-hydroxylation sites is 1. The van der Waals surface area contributed by atoms with Gasteiger partial charge in [-0.3, -0.25) is 10.1 Å². The summed E-state index contributed by atoms with van der Waals surface area (Å²) in [6.45, 7) is 3.43. The lowest BCUT2D eigenvalue weighted by molar-refractivity contribution is -0.119. The van der Waals surface area contributed by atoms with E-state index in [0.717, 1.165) is 0 Å². The summed E-state index contributed by atoms with van der Waals surface area (Å²) in [5.41, 5.74) is 1.39. The highest BCUT2D eigenvalue weighted by Gasteiger charge is 2.17. The van der Waals surface area contributed by atoms with E-state index >= 15 is 0 Å². The molecular formula is C16H16N6O4. The third-order valence-electron chi connectivity index (χ3n) is 3.44. The van der Waals surface area contributed by atoms with Crippen molar-refractivity contribution in [1.82, 2.24) is 25.4 Å². The Labute approximate surface area is 148 Å². The second-order valence-electron chi connectivity index (χ2n) is 5.67. The smallest absolute Gasteiger partial charge is 0.340 e. The predicted molar refractivity (Wildman–Crippen MR) is 88.7 cm³/mol. The number of hydrogen-bond donors (Lipinski definition) is 1. The van der Waals surface area contributed by atoms with Crippen molar-refractivity contribution in [3.63, 3.8) is 0 Å². The minimum Gasteiger partial charge on any atom is -0.452 e. The van der Waals surface area contributed by atoms with Crippen molar-refractivity contribution in [2.24, 2.45) is 0 Å². The van der Waals surface area contributed by atoms with E-state index in [1.807, 2.05) is 13.8 Å². The fourth-order valence-electron chi connectivity index (χ4n) is 2.12. The molecule has 10 nitrogen and oxygen atoms in total. The van der Waals surface area contributed by atoms with E-state index in [2.05, 4.69) is 26.0 Å². The molecule has 10 heteroatoms. The fourth-order valence-corrected chi connectivity index (χ4v) is 2.12. The largest absolute Gasteiger partial charge is 0.452 e. The Morgan fingerprint density at radius 2 is 2.12 bits per heavy atom. The van der Waals surface area contributed by atoms with Crippen molar-refractivity contribution in [3.05, 3.63) is 47.9 Å². The number of esters is 1. The van der Waals surface area contributed by atoms with Crippen LogP contribution in [0.15, 0.2) is 41.2 Å². The molecule has 0 spiro atoms. The molecule has 134 valence electrons. The van der Waals surface area contributed by atoms with E-state index in [-0.39, 0.29) is 17.4 Å². The van der Waals surface area contributed by atoms with E-state index in [0.29, 0.717) is 11.4 Å². The van der Waals surface area contributed by atoms with Crippen LogP contribution in [0.3, 0.4) is 0 Å². The second kappa shape index (κ2) is 7.55. The number of hydrogen-bond acceptors (Lipinski definition) is 8. The van der Waals surface area contributed by atoms with Gasteiger partial charge in [-0.1, -0.05) is 31.1 Å². The molecule has 1 amide bonds. The Kier molecular flexibility index (Phi) is 5.02. The zero-order valence-corrected chi connectivity index (χ0v) is 14.1. The average Bonchev–Trinajstić information content (AvgIpc) is 3.31. The highest BCUT2D eigenvalue weighted by molar-refractivity contribution is 5.96. The van der Waals surface area contributed by atoms with Crippen molar-refractivity contribution in [2.45, 2.75) is 19.8 Å². The molecule has 0 saturated heterocycles. The minimum absolute atomic E-state index is 0.171. The predicted octanol–water partition coefficient (Wildman–Crippen LogP) is 1.57. The van der Waals surface area contributed by atoms with Crippen LogP contribution in [0.5, 0.6) is 0 Å². The number of benzene rings is 1. The van der Waals surface area contributed by atoms with E-state index < -0.39 is 18.5 Å². The van der Waals surface area contributed by atoms with Gasteiger partial charge in [0.2, 0.25) is 5.88 Å². The van der Waals surface area contributed by atoms with Crippen LogP contribution in [0, 0.1) is 0 Å². The summed E-state index contributed by atoms with van der Waals surface area (Å²) in [5, 5.41) is 17.1. The molecule has 0 fully saturated rings. The maximum Gasteiger partial charge on any atom is 0.340 e. The first-order chi connectivity index (χ1) is 12.5. The van der Waals surface area contributed by atoms with Crippen LogP contribution in [-0.2, 0) is 9.53 Å². The van der Waals surface area contributed by atoms with E-state index in [9.17, 15) is 9.59 Å². The van der Waals surface area contributed by atoms with Gasteiger partial charge in [-0.25, -0.2) is 4.79 Å². The topological polar surface area (TPSA) is 125 Å². The number of carbonyl (C=O) groups is 2. The number of rotatable bonds is 6. The summed E-state index contributed by atoms with van der Waals surface area (Å²) in [5.74, 6) is -0.842. The highest BCUT2D eigenvalue weighted by Crippen LogP contribution is 2.17. The molecule has 0 atom stereocenters. The summed E-state index contributed by atoms with van der Waals surface area (Å²) in [6, 6.07) is 8.25. The van der Waals surface area contributed by atoms with Gasteiger partial charge in [-0.15, -0.1) is 5.10 Å². The third kappa shape index (κ3) is 3.91. The first-order valence-electron chi connectivity index (χ1n) is 7.80. The van der Waals surface area contributed by atoms with Crippen LogP contribution in [0.25, 0.3) is 5.69 Å². The summed E-state index contributed by atoms with van der Waals surface area (Å²) in [7, 11) is 0. The first kappa shape index (κ1) is 17.3. The van der Waals surface area contributed by atoms with Crippen LogP contribution >= 0.6 is 0 Å². The molecule has 0 aliphatic carbocycles. The SMILES string of the molecule is CC(C)c1cc(NC(=O)COC(=O)c2ccccc2-n2cnnn2)on1. The van der Waals surface area contributed by atoms with Crippen LogP contribution < -0.4 is 5.32 Å². The standard InChI is InChI=1S/C16H16N6O4/c1-10(2)12-7-15(26-19-12)18-14(23)8-25-16(24)11-5-3-4-6-13(11)22-9-17-20-21-22/h3-7,9-10H,8H2,1-2H3,(H,18,23). The van der Waals surface area contributed by atoms with E-state index in [1.165, 1.54) is 11.0 Å². The van der Waals surface area contributed by atoms with Crippen LogP contribution in [0.4, 0.5) is 5.88 Å². The molecule has 0 aliphatic heterocycles. The lowest BCUT2D eigenvalue weighted by Crippen LogP contribution is -2.21. The van der Waals surface area contributed by atoms with Gasteiger partial charge in [-0.2, -0.15) is 4.68 Å². The normalized spacial score (nSPS) is 10.7. The summed E-state index contributed by atoms with van der Waals surface area (Å²) in [4.78, 5) is 24.2. The van der Waals surface area contributed by atoms with E-state index in [1.54, 1.807) is 30.3 Å². The van der Waals surface area contributed by atoms with Crippen molar-refractivity contribution in [2.75, 3.05) is 11.9 Å². The third-order valence-corrected chi connectivity index (χ3v) is 3.44. The lowest BCUT2D eigenvalue weighted by atomic mass is 10.1. The molecule has 26 heavy (non-hydrogen) atoms. The van der Waals surface area contributed by atoms with Gasteiger partial charge in [0.15, 0.2) is 6.61 Å². The van der Waals surface area contributed by atoms with Crippen LogP contribution in [-0.4, -0.2) is 43.8 Å². The molecule has 0 unspecified atom stereocenters. The fraction of sp³-hybridized carbons (Fsp3) is 0.250. The van der Waals surface area contributed by atoms with Gasteiger partial charge in [0.25, 0.3) is 5.91 Å².